The molecule has 1 amide bonds. The second-order valence-corrected chi connectivity index (χ2v) is 7.36. The lowest BCUT2D eigenvalue weighted by Crippen LogP contribution is -2.48. The number of carbonyl (C=O) groups excluding carboxylic acids is 2. The summed E-state index contributed by atoms with van der Waals surface area (Å²) in [6.45, 7) is 6.13. The number of carbonyl (C=O) groups is 2. The first kappa shape index (κ1) is 20.0. The molecule has 0 radical (unpaired) electrons. The largest absolute Gasteiger partial charge is 0.368 e. The fourth-order valence-electron chi connectivity index (χ4n) is 2.86. The van der Waals surface area contributed by atoms with E-state index in [1.165, 1.54) is 0 Å². The van der Waals surface area contributed by atoms with Crippen LogP contribution in [0.1, 0.15) is 24.2 Å². The molecule has 3 rings (SSSR count). The van der Waals surface area contributed by atoms with Gasteiger partial charge in [0, 0.05) is 48.5 Å². The van der Waals surface area contributed by atoms with E-state index in [0.717, 1.165) is 5.69 Å². The molecule has 2 aromatic rings. The lowest BCUT2D eigenvalue weighted by Gasteiger charge is -2.36. The second-order valence-electron chi connectivity index (χ2n) is 6.92. The minimum atomic E-state index is -0.417. The van der Waals surface area contributed by atoms with Crippen LogP contribution in [0.15, 0.2) is 48.5 Å². The van der Waals surface area contributed by atoms with Crippen LogP contribution >= 0.6 is 11.6 Å². The van der Waals surface area contributed by atoms with Gasteiger partial charge in [-0.2, -0.15) is 0 Å². The molecule has 7 heteroatoms. The average Bonchev–Trinajstić information content (AvgIpc) is 2.72. The van der Waals surface area contributed by atoms with Crippen LogP contribution < -0.4 is 9.79 Å². The SMILES string of the molecule is CC(C)C(=O)OOc1cccc(N2CCN(C(=O)c3ccc(Cl)cc3)CC2)c1. The molecular weight excluding hydrogens is 380 g/mol. The minimum absolute atomic E-state index is 0.00833. The zero-order valence-corrected chi connectivity index (χ0v) is 16.7. The number of hydrogen-bond donors (Lipinski definition) is 0. The van der Waals surface area contributed by atoms with Crippen molar-refractivity contribution in [2.45, 2.75) is 13.8 Å². The molecule has 0 spiro atoms. The third kappa shape index (κ3) is 4.95. The Hall–Kier alpha value is -2.73. The highest BCUT2D eigenvalue weighted by Gasteiger charge is 2.22. The first-order valence-electron chi connectivity index (χ1n) is 9.22. The summed E-state index contributed by atoms with van der Waals surface area (Å²) in [5.74, 6) is -0.200. The molecule has 0 N–H and O–H groups in total. The highest BCUT2D eigenvalue weighted by molar-refractivity contribution is 6.30. The molecule has 1 saturated heterocycles. The first-order valence-corrected chi connectivity index (χ1v) is 9.60. The van der Waals surface area contributed by atoms with Crippen LogP contribution in [0, 0.1) is 5.92 Å². The van der Waals surface area contributed by atoms with Crippen LogP contribution in [-0.4, -0.2) is 43.0 Å². The van der Waals surface area contributed by atoms with Crippen LogP contribution in [-0.2, 0) is 9.68 Å². The van der Waals surface area contributed by atoms with Crippen molar-refractivity contribution in [2.75, 3.05) is 31.1 Å². The summed E-state index contributed by atoms with van der Waals surface area (Å²) < 4.78 is 0. The van der Waals surface area contributed by atoms with E-state index in [1.807, 2.05) is 23.1 Å². The van der Waals surface area contributed by atoms with Gasteiger partial charge in [0.15, 0.2) is 5.75 Å². The van der Waals surface area contributed by atoms with E-state index in [1.54, 1.807) is 44.2 Å². The molecular formula is C21H23ClN2O4. The highest BCUT2D eigenvalue weighted by Crippen LogP contribution is 2.23. The normalized spacial score (nSPS) is 14.1. The molecule has 0 saturated carbocycles. The van der Waals surface area contributed by atoms with Crippen LogP contribution in [0.4, 0.5) is 5.69 Å². The van der Waals surface area contributed by atoms with Gasteiger partial charge in [0.05, 0.1) is 5.92 Å². The minimum Gasteiger partial charge on any atom is -0.368 e. The Labute approximate surface area is 169 Å². The molecule has 148 valence electrons. The van der Waals surface area contributed by atoms with E-state index in [-0.39, 0.29) is 11.8 Å². The molecule has 0 atom stereocenters. The van der Waals surface area contributed by atoms with Crippen LogP contribution in [0.3, 0.4) is 0 Å². The van der Waals surface area contributed by atoms with Crippen LogP contribution in [0.2, 0.25) is 5.02 Å². The van der Waals surface area contributed by atoms with Gasteiger partial charge in [-0.25, -0.2) is 4.79 Å². The standard InChI is InChI=1S/C21H23ClN2O4/c1-15(2)21(26)28-27-19-5-3-4-18(14-19)23-10-12-24(13-11-23)20(25)16-6-8-17(22)9-7-16/h3-9,14-15H,10-13H2,1-2H3. The molecule has 28 heavy (non-hydrogen) atoms. The predicted molar refractivity (Wildman–Crippen MR) is 108 cm³/mol. The number of piperazine rings is 1. The topological polar surface area (TPSA) is 59.1 Å². The summed E-state index contributed by atoms with van der Waals surface area (Å²) in [6.07, 6.45) is 0. The van der Waals surface area contributed by atoms with Crippen molar-refractivity contribution >= 4 is 29.2 Å². The highest BCUT2D eigenvalue weighted by atomic mass is 35.5. The molecule has 0 bridgehead atoms. The Kier molecular flexibility index (Phi) is 6.41. The maximum atomic E-state index is 12.6. The van der Waals surface area contributed by atoms with Crippen LogP contribution in [0.25, 0.3) is 0 Å². The molecule has 1 fully saturated rings. The second kappa shape index (κ2) is 8.97. The van der Waals surface area contributed by atoms with Crippen molar-refractivity contribution < 1.29 is 19.4 Å². The Morgan fingerprint density at radius 3 is 2.32 bits per heavy atom. The van der Waals surface area contributed by atoms with Crippen molar-refractivity contribution in [3.8, 4) is 5.75 Å². The fraction of sp³-hybridized carbons (Fsp3) is 0.333. The maximum Gasteiger partial charge on any atom is 0.357 e. The molecule has 1 heterocycles. The summed E-state index contributed by atoms with van der Waals surface area (Å²) in [5, 5.41) is 0.613. The summed E-state index contributed by atoms with van der Waals surface area (Å²) in [6, 6.07) is 14.3. The third-order valence-electron chi connectivity index (χ3n) is 4.53. The fourth-order valence-corrected chi connectivity index (χ4v) is 2.99. The number of amides is 1. The number of nitrogens with zero attached hydrogens (tertiary/aromatic N) is 2. The number of halogens is 1. The lowest BCUT2D eigenvalue weighted by atomic mass is 10.1. The molecule has 2 aromatic carbocycles. The molecule has 0 aliphatic carbocycles. The van der Waals surface area contributed by atoms with Gasteiger partial charge in [-0.15, -0.1) is 0 Å². The Morgan fingerprint density at radius 2 is 1.68 bits per heavy atom. The Bertz CT molecular complexity index is 831. The average molecular weight is 403 g/mol. The molecule has 0 unspecified atom stereocenters. The Balaban J connectivity index is 1.57. The van der Waals surface area contributed by atoms with E-state index < -0.39 is 5.97 Å². The first-order chi connectivity index (χ1) is 13.4. The van der Waals surface area contributed by atoms with Crippen molar-refractivity contribution in [3.63, 3.8) is 0 Å². The lowest BCUT2D eigenvalue weighted by molar-refractivity contribution is -0.217. The van der Waals surface area contributed by atoms with Gasteiger partial charge in [0.2, 0.25) is 0 Å². The summed E-state index contributed by atoms with van der Waals surface area (Å²) in [5.41, 5.74) is 1.59. The molecule has 1 aliphatic heterocycles. The van der Waals surface area contributed by atoms with E-state index in [9.17, 15) is 9.59 Å². The predicted octanol–water partition coefficient (Wildman–Crippen LogP) is 3.80. The monoisotopic (exact) mass is 402 g/mol. The van der Waals surface area contributed by atoms with Gasteiger partial charge in [-0.1, -0.05) is 31.5 Å². The van der Waals surface area contributed by atoms with Gasteiger partial charge in [-0.3, -0.25) is 14.6 Å². The number of rotatable bonds is 5. The van der Waals surface area contributed by atoms with E-state index in [2.05, 4.69) is 4.90 Å². The number of anilines is 1. The van der Waals surface area contributed by atoms with Gasteiger partial charge in [0.25, 0.3) is 5.91 Å². The molecule has 0 aromatic heterocycles. The summed E-state index contributed by atoms with van der Waals surface area (Å²) in [7, 11) is 0. The van der Waals surface area contributed by atoms with Crippen molar-refractivity contribution in [3.05, 3.63) is 59.1 Å². The van der Waals surface area contributed by atoms with Gasteiger partial charge >= 0.3 is 5.97 Å². The summed E-state index contributed by atoms with van der Waals surface area (Å²) >= 11 is 5.89. The molecule has 6 nitrogen and oxygen atoms in total. The van der Waals surface area contributed by atoms with E-state index >= 15 is 0 Å². The van der Waals surface area contributed by atoms with Gasteiger partial charge in [0.1, 0.15) is 0 Å². The maximum absolute atomic E-state index is 12.6. The molecule has 1 aliphatic rings. The third-order valence-corrected chi connectivity index (χ3v) is 4.78. The van der Waals surface area contributed by atoms with Crippen molar-refractivity contribution in [1.82, 2.24) is 4.90 Å². The Morgan fingerprint density at radius 1 is 1.00 bits per heavy atom. The van der Waals surface area contributed by atoms with Gasteiger partial charge in [-0.05, 0) is 36.4 Å². The zero-order chi connectivity index (χ0) is 20.1. The van der Waals surface area contributed by atoms with Crippen molar-refractivity contribution in [1.29, 1.82) is 0 Å². The zero-order valence-electron chi connectivity index (χ0n) is 15.9. The van der Waals surface area contributed by atoms with Crippen LogP contribution in [0.5, 0.6) is 5.75 Å². The summed E-state index contributed by atoms with van der Waals surface area (Å²) in [4.78, 5) is 38.1. The van der Waals surface area contributed by atoms with Gasteiger partial charge < -0.3 is 9.80 Å². The number of benzene rings is 2. The van der Waals surface area contributed by atoms with E-state index in [0.29, 0.717) is 42.5 Å². The smallest absolute Gasteiger partial charge is 0.357 e. The quantitative estimate of drug-likeness (QED) is 0.562. The van der Waals surface area contributed by atoms with Crippen molar-refractivity contribution in [2.24, 2.45) is 5.92 Å². The number of hydrogen-bond acceptors (Lipinski definition) is 5. The van der Waals surface area contributed by atoms with E-state index in [4.69, 9.17) is 21.4 Å².